The molecule has 0 saturated heterocycles. The Morgan fingerprint density at radius 3 is 2.18 bits per heavy atom. The lowest BCUT2D eigenvalue weighted by molar-refractivity contribution is -0.137. The lowest BCUT2D eigenvalue weighted by atomic mass is 10.2. The van der Waals surface area contributed by atoms with Crippen molar-refractivity contribution in [2.24, 2.45) is 0 Å². The van der Waals surface area contributed by atoms with Crippen LogP contribution in [0.25, 0.3) is 0 Å². The fourth-order valence-corrected chi connectivity index (χ4v) is 3.50. The number of aryl methyl sites for hydroxylation is 1. The number of ether oxygens (including phenoxy) is 2. The van der Waals surface area contributed by atoms with Gasteiger partial charge in [-0.2, -0.15) is 0 Å². The quantitative estimate of drug-likeness (QED) is 0.560. The third-order valence-electron chi connectivity index (χ3n) is 3.77. The molecule has 0 amide bonds. The third kappa shape index (κ3) is 4.98. The van der Waals surface area contributed by atoms with Crippen LogP contribution >= 0.6 is 0 Å². The van der Waals surface area contributed by atoms with E-state index in [2.05, 4.69) is 10.1 Å². The van der Waals surface area contributed by atoms with Crippen molar-refractivity contribution in [2.45, 2.75) is 18.7 Å². The molecule has 0 saturated carbocycles. The van der Waals surface area contributed by atoms with Gasteiger partial charge in [0.25, 0.3) is 0 Å². The highest BCUT2D eigenvalue weighted by atomic mass is 32.2. The lowest BCUT2D eigenvalue weighted by Gasteiger charge is -2.10. The topological polar surface area (TPSA) is 98.8 Å². The van der Waals surface area contributed by atoms with Gasteiger partial charge in [0.1, 0.15) is 0 Å². The Balaban J connectivity index is 2.36. The van der Waals surface area contributed by atoms with E-state index in [1.165, 1.54) is 31.4 Å². The molecule has 0 aromatic heterocycles. The number of anilines is 1. The van der Waals surface area contributed by atoms with Gasteiger partial charge in [0, 0.05) is 11.9 Å². The molecule has 0 aliphatic carbocycles. The number of sulfone groups is 1. The fraction of sp³-hybridized carbons (Fsp3) is 0.200. The Kier molecular flexibility index (Phi) is 6.94. The number of rotatable bonds is 7. The summed E-state index contributed by atoms with van der Waals surface area (Å²) in [6.07, 6.45) is 1.08. The minimum atomic E-state index is -4.09. The highest BCUT2D eigenvalue weighted by Crippen LogP contribution is 2.22. The maximum absolute atomic E-state index is 12.9. The van der Waals surface area contributed by atoms with Gasteiger partial charge in [0.05, 0.1) is 24.2 Å². The van der Waals surface area contributed by atoms with Crippen molar-refractivity contribution in [3.8, 4) is 0 Å². The summed E-state index contributed by atoms with van der Waals surface area (Å²) in [5, 5.41) is 2.76. The van der Waals surface area contributed by atoms with Crippen LogP contribution < -0.4 is 5.32 Å². The molecule has 0 unspecified atom stereocenters. The second-order valence-corrected chi connectivity index (χ2v) is 7.68. The van der Waals surface area contributed by atoms with Crippen LogP contribution in [0, 0.1) is 6.92 Å². The van der Waals surface area contributed by atoms with Crippen molar-refractivity contribution in [1.82, 2.24) is 0 Å². The van der Waals surface area contributed by atoms with Gasteiger partial charge >= 0.3 is 11.9 Å². The van der Waals surface area contributed by atoms with E-state index in [1.807, 2.05) is 6.92 Å². The molecule has 2 rings (SSSR count). The molecule has 0 heterocycles. The number of nitrogens with one attached hydrogen (secondary N) is 1. The molecule has 2 aromatic carbocycles. The molecule has 0 spiro atoms. The summed E-state index contributed by atoms with van der Waals surface area (Å²) >= 11 is 0. The zero-order valence-electron chi connectivity index (χ0n) is 15.8. The van der Waals surface area contributed by atoms with Gasteiger partial charge in [-0.25, -0.2) is 18.0 Å². The summed E-state index contributed by atoms with van der Waals surface area (Å²) in [4.78, 5) is 23.2. The normalized spacial score (nSPS) is 11.6. The first-order valence-electron chi connectivity index (χ1n) is 8.43. The number of methoxy groups -OCH3 is 1. The van der Waals surface area contributed by atoms with Crippen molar-refractivity contribution in [3.63, 3.8) is 0 Å². The number of esters is 2. The first-order valence-corrected chi connectivity index (χ1v) is 9.92. The Morgan fingerprint density at radius 1 is 1.04 bits per heavy atom. The van der Waals surface area contributed by atoms with Crippen molar-refractivity contribution in [3.05, 3.63) is 70.8 Å². The van der Waals surface area contributed by atoms with Gasteiger partial charge in [-0.3, -0.25) is 0 Å². The number of carbonyl (C=O) groups is 2. The Hall–Kier alpha value is -3.13. The van der Waals surface area contributed by atoms with Gasteiger partial charge in [-0.15, -0.1) is 0 Å². The maximum atomic E-state index is 12.9. The van der Waals surface area contributed by atoms with Crippen molar-refractivity contribution in [2.75, 3.05) is 19.0 Å². The number of benzene rings is 2. The van der Waals surface area contributed by atoms with Crippen LogP contribution in [-0.2, 0) is 24.1 Å². The first-order chi connectivity index (χ1) is 13.3. The summed E-state index contributed by atoms with van der Waals surface area (Å²) in [5.41, 5.74) is 1.72. The van der Waals surface area contributed by atoms with Gasteiger partial charge in [0.15, 0.2) is 4.91 Å². The average molecular weight is 403 g/mol. The van der Waals surface area contributed by atoms with Crippen LogP contribution in [0.2, 0.25) is 0 Å². The number of hydrogen-bond acceptors (Lipinski definition) is 7. The van der Waals surface area contributed by atoms with E-state index < -0.39 is 26.7 Å². The maximum Gasteiger partial charge on any atom is 0.351 e. The summed E-state index contributed by atoms with van der Waals surface area (Å²) in [5.74, 6) is -1.45. The van der Waals surface area contributed by atoms with Crippen LogP contribution in [0.5, 0.6) is 0 Å². The van der Waals surface area contributed by atoms with Gasteiger partial charge < -0.3 is 14.8 Å². The monoisotopic (exact) mass is 403 g/mol. The molecule has 0 aliphatic rings. The van der Waals surface area contributed by atoms with Crippen LogP contribution in [0.1, 0.15) is 22.8 Å². The molecule has 148 valence electrons. The van der Waals surface area contributed by atoms with Crippen LogP contribution in [0.4, 0.5) is 5.69 Å². The standard InChI is InChI=1S/C20H21NO6S/c1-4-27-20(23)18(28(24,25)17-11-5-14(2)6-12-17)13-21-16-9-7-15(8-10-16)19(22)26-3/h5-13,21H,4H2,1-3H3. The molecule has 0 bridgehead atoms. The van der Waals surface area contributed by atoms with Crippen LogP contribution in [0.3, 0.4) is 0 Å². The Morgan fingerprint density at radius 2 is 1.64 bits per heavy atom. The predicted molar refractivity (Wildman–Crippen MR) is 104 cm³/mol. The second-order valence-electron chi connectivity index (χ2n) is 5.76. The molecule has 2 aromatic rings. The van der Waals surface area contributed by atoms with Gasteiger partial charge in [-0.05, 0) is 50.2 Å². The SMILES string of the molecule is CCOC(=O)C(=CNc1ccc(C(=O)OC)cc1)S(=O)(=O)c1ccc(C)cc1. The van der Waals surface area contributed by atoms with Crippen LogP contribution in [-0.4, -0.2) is 34.1 Å². The smallest absolute Gasteiger partial charge is 0.351 e. The minimum Gasteiger partial charge on any atom is -0.465 e. The zero-order chi connectivity index (χ0) is 20.7. The molecule has 28 heavy (non-hydrogen) atoms. The summed E-state index contributed by atoms with van der Waals surface area (Å²) < 4.78 is 35.3. The van der Waals surface area contributed by atoms with E-state index in [1.54, 1.807) is 31.2 Å². The van der Waals surface area contributed by atoms with Gasteiger partial charge in [0.2, 0.25) is 9.84 Å². The molecule has 0 fully saturated rings. The molecule has 0 aliphatic heterocycles. The highest BCUT2D eigenvalue weighted by molar-refractivity contribution is 7.96. The number of carbonyl (C=O) groups excluding carboxylic acids is 2. The van der Waals surface area contributed by atoms with E-state index >= 15 is 0 Å². The molecule has 0 atom stereocenters. The zero-order valence-corrected chi connectivity index (χ0v) is 16.6. The molecular formula is C20H21NO6S. The predicted octanol–water partition coefficient (Wildman–Crippen LogP) is 3.07. The molecule has 0 radical (unpaired) electrons. The lowest BCUT2D eigenvalue weighted by Crippen LogP contribution is -2.18. The van der Waals surface area contributed by atoms with Crippen molar-refractivity contribution in [1.29, 1.82) is 0 Å². The van der Waals surface area contributed by atoms with Crippen molar-refractivity contribution >= 4 is 27.5 Å². The van der Waals surface area contributed by atoms with E-state index in [0.29, 0.717) is 11.3 Å². The Labute approximate surface area is 163 Å². The van der Waals surface area contributed by atoms with Crippen molar-refractivity contribution < 1.29 is 27.5 Å². The second kappa shape index (κ2) is 9.18. The molecular weight excluding hydrogens is 382 g/mol. The number of hydrogen-bond donors (Lipinski definition) is 1. The van der Waals surface area contributed by atoms with Gasteiger partial charge in [-0.1, -0.05) is 17.7 Å². The molecule has 1 N–H and O–H groups in total. The Bertz CT molecular complexity index is 976. The van der Waals surface area contributed by atoms with E-state index in [4.69, 9.17) is 4.74 Å². The van der Waals surface area contributed by atoms with Crippen LogP contribution in [0.15, 0.2) is 64.5 Å². The minimum absolute atomic E-state index is 0.0137. The fourth-order valence-electron chi connectivity index (χ4n) is 2.26. The summed E-state index contributed by atoms with van der Waals surface area (Å²) in [7, 11) is -2.81. The highest BCUT2D eigenvalue weighted by Gasteiger charge is 2.28. The summed E-state index contributed by atoms with van der Waals surface area (Å²) in [6, 6.07) is 12.3. The molecule has 8 heteroatoms. The van der Waals surface area contributed by atoms with E-state index in [-0.39, 0.29) is 11.5 Å². The third-order valence-corrected chi connectivity index (χ3v) is 5.53. The summed E-state index contributed by atoms with van der Waals surface area (Å²) in [6.45, 7) is 3.46. The average Bonchev–Trinajstić information content (AvgIpc) is 2.68. The van der Waals surface area contributed by atoms with E-state index in [0.717, 1.165) is 11.8 Å². The van der Waals surface area contributed by atoms with E-state index in [9.17, 15) is 18.0 Å². The first kappa shape index (κ1) is 21.2. The molecule has 7 nitrogen and oxygen atoms in total. The largest absolute Gasteiger partial charge is 0.465 e.